The molecule has 1 aromatic carbocycles. The van der Waals surface area contributed by atoms with Crippen molar-refractivity contribution in [2.45, 2.75) is 58.3 Å². The lowest BCUT2D eigenvalue weighted by atomic mass is 10.0. The predicted octanol–water partition coefficient (Wildman–Crippen LogP) is 3.82. The van der Waals surface area contributed by atoms with Crippen LogP contribution in [0.25, 0.3) is 0 Å². The summed E-state index contributed by atoms with van der Waals surface area (Å²) in [7, 11) is 1.72. The molecule has 0 heterocycles. The van der Waals surface area contributed by atoms with Gasteiger partial charge in [0.1, 0.15) is 5.75 Å². The van der Waals surface area contributed by atoms with Crippen LogP contribution in [-0.4, -0.2) is 19.8 Å². The molecular weight excluding hydrogens is 250 g/mol. The molecule has 0 amide bonds. The summed E-state index contributed by atoms with van der Waals surface area (Å²) in [5.74, 6) is 0.926. The van der Waals surface area contributed by atoms with Crippen LogP contribution >= 0.6 is 0 Å². The zero-order chi connectivity index (χ0) is 14.4. The number of rotatable bonds is 7. The van der Waals surface area contributed by atoms with Gasteiger partial charge in [-0.3, -0.25) is 0 Å². The van der Waals surface area contributed by atoms with Crippen molar-refractivity contribution in [1.29, 1.82) is 0 Å². The maximum Gasteiger partial charge on any atom is 0.124 e. The summed E-state index contributed by atoms with van der Waals surface area (Å²) in [5, 5.41) is 3.44. The van der Waals surface area contributed by atoms with Crippen LogP contribution in [0.5, 0.6) is 5.75 Å². The van der Waals surface area contributed by atoms with Gasteiger partial charge >= 0.3 is 0 Å². The second-order valence-corrected chi connectivity index (χ2v) is 5.57. The van der Waals surface area contributed by atoms with Crippen LogP contribution in [-0.2, 0) is 11.3 Å². The van der Waals surface area contributed by atoms with Crippen LogP contribution < -0.4 is 10.1 Å². The Morgan fingerprint density at radius 3 is 2.70 bits per heavy atom. The summed E-state index contributed by atoms with van der Waals surface area (Å²) in [4.78, 5) is 0. The van der Waals surface area contributed by atoms with Gasteiger partial charge in [0.05, 0.1) is 19.8 Å². The summed E-state index contributed by atoms with van der Waals surface area (Å²) in [6.45, 7) is 5.94. The minimum Gasteiger partial charge on any atom is -0.496 e. The smallest absolute Gasteiger partial charge is 0.124 e. The summed E-state index contributed by atoms with van der Waals surface area (Å²) in [6, 6.07) is 6.75. The molecule has 112 valence electrons. The molecule has 0 saturated heterocycles. The first-order valence-electron chi connectivity index (χ1n) is 7.76. The number of nitrogens with one attached hydrogen (secondary N) is 1. The van der Waals surface area contributed by atoms with Gasteiger partial charge in [0.15, 0.2) is 0 Å². The van der Waals surface area contributed by atoms with Crippen LogP contribution in [0.4, 0.5) is 0 Å². The van der Waals surface area contributed by atoms with Crippen LogP contribution in [0.15, 0.2) is 18.2 Å². The Hall–Kier alpha value is -1.06. The van der Waals surface area contributed by atoms with Crippen LogP contribution in [0, 0.1) is 0 Å². The van der Waals surface area contributed by atoms with Gasteiger partial charge in [0, 0.05) is 11.6 Å². The van der Waals surface area contributed by atoms with Crippen molar-refractivity contribution in [3.05, 3.63) is 29.3 Å². The van der Waals surface area contributed by atoms with Crippen LogP contribution in [0.2, 0.25) is 0 Å². The molecule has 1 aliphatic rings. The van der Waals surface area contributed by atoms with Gasteiger partial charge < -0.3 is 14.8 Å². The number of hydrogen-bond donors (Lipinski definition) is 1. The van der Waals surface area contributed by atoms with Gasteiger partial charge in [-0.15, -0.1) is 0 Å². The van der Waals surface area contributed by atoms with E-state index in [2.05, 4.69) is 37.4 Å². The van der Waals surface area contributed by atoms with E-state index < -0.39 is 0 Å². The van der Waals surface area contributed by atoms with E-state index in [1.54, 1.807) is 7.11 Å². The quantitative estimate of drug-likeness (QED) is 0.821. The minimum atomic E-state index is 0.358. The molecule has 1 aromatic rings. The van der Waals surface area contributed by atoms with Gasteiger partial charge in [-0.25, -0.2) is 0 Å². The van der Waals surface area contributed by atoms with Crippen molar-refractivity contribution in [1.82, 2.24) is 5.32 Å². The summed E-state index contributed by atoms with van der Waals surface area (Å²) in [5.41, 5.74) is 2.44. The molecule has 2 rings (SSSR count). The zero-order valence-corrected chi connectivity index (χ0v) is 12.9. The summed E-state index contributed by atoms with van der Waals surface area (Å²) < 4.78 is 11.5. The Labute approximate surface area is 122 Å². The van der Waals surface area contributed by atoms with Crippen molar-refractivity contribution >= 4 is 0 Å². The van der Waals surface area contributed by atoms with E-state index in [0.717, 1.165) is 17.9 Å². The van der Waals surface area contributed by atoms with E-state index >= 15 is 0 Å². The second-order valence-electron chi connectivity index (χ2n) is 5.57. The highest BCUT2D eigenvalue weighted by atomic mass is 16.5. The molecule has 0 bridgehead atoms. The lowest BCUT2D eigenvalue weighted by Crippen LogP contribution is -2.18. The van der Waals surface area contributed by atoms with E-state index in [0.29, 0.717) is 18.8 Å². The van der Waals surface area contributed by atoms with Crippen molar-refractivity contribution in [2.75, 3.05) is 13.7 Å². The number of hydrogen-bond acceptors (Lipinski definition) is 3. The van der Waals surface area contributed by atoms with E-state index in [1.807, 2.05) is 0 Å². The molecule has 1 saturated carbocycles. The van der Waals surface area contributed by atoms with Gasteiger partial charge in [-0.2, -0.15) is 0 Å². The maximum atomic E-state index is 6.03. The molecule has 1 fully saturated rings. The molecular formula is C17H27NO2. The van der Waals surface area contributed by atoms with Gasteiger partial charge in [0.2, 0.25) is 0 Å². The van der Waals surface area contributed by atoms with E-state index in [-0.39, 0.29) is 0 Å². The Kier molecular flexibility index (Phi) is 5.86. The largest absolute Gasteiger partial charge is 0.496 e. The third kappa shape index (κ3) is 3.97. The highest BCUT2D eigenvalue weighted by molar-refractivity contribution is 5.38. The van der Waals surface area contributed by atoms with E-state index in [9.17, 15) is 0 Å². The normalized spacial score (nSPS) is 17.4. The van der Waals surface area contributed by atoms with Crippen LogP contribution in [0.3, 0.4) is 0 Å². The van der Waals surface area contributed by atoms with Crippen molar-refractivity contribution < 1.29 is 9.47 Å². The molecule has 1 unspecified atom stereocenters. The third-order valence-corrected chi connectivity index (χ3v) is 4.09. The van der Waals surface area contributed by atoms with Crippen molar-refractivity contribution in [3.8, 4) is 5.75 Å². The zero-order valence-electron chi connectivity index (χ0n) is 12.9. The Balaban J connectivity index is 2.05. The molecule has 3 nitrogen and oxygen atoms in total. The van der Waals surface area contributed by atoms with Gasteiger partial charge in [-0.05, 0) is 44.0 Å². The lowest BCUT2D eigenvalue weighted by molar-refractivity contribution is 0.0445. The minimum absolute atomic E-state index is 0.358. The fraction of sp³-hybridized carbons (Fsp3) is 0.647. The average Bonchev–Trinajstić information content (AvgIpc) is 2.98. The van der Waals surface area contributed by atoms with E-state index in [4.69, 9.17) is 9.47 Å². The molecule has 3 heteroatoms. The monoisotopic (exact) mass is 277 g/mol. The fourth-order valence-corrected chi connectivity index (χ4v) is 2.87. The summed E-state index contributed by atoms with van der Waals surface area (Å²) >= 11 is 0. The number of ether oxygens (including phenoxy) is 2. The molecule has 1 aliphatic carbocycles. The Morgan fingerprint density at radius 2 is 2.05 bits per heavy atom. The maximum absolute atomic E-state index is 6.03. The molecule has 0 aliphatic heterocycles. The first-order chi connectivity index (χ1) is 9.74. The van der Waals surface area contributed by atoms with E-state index in [1.165, 1.54) is 31.2 Å². The Morgan fingerprint density at radius 1 is 1.30 bits per heavy atom. The number of methoxy groups -OCH3 is 1. The molecule has 1 atom stereocenters. The first kappa shape index (κ1) is 15.3. The topological polar surface area (TPSA) is 30.5 Å². The Bertz CT molecular complexity index is 413. The van der Waals surface area contributed by atoms with Crippen molar-refractivity contribution in [3.63, 3.8) is 0 Å². The third-order valence-electron chi connectivity index (χ3n) is 4.09. The lowest BCUT2D eigenvalue weighted by Gasteiger charge is -2.17. The fourth-order valence-electron chi connectivity index (χ4n) is 2.87. The standard InChI is InChI=1S/C17H27NO2/c1-4-18-13(2)14-9-10-17(19-3)15(11-14)12-20-16-7-5-6-8-16/h9-11,13,16,18H,4-8,12H2,1-3H3. The highest BCUT2D eigenvalue weighted by Gasteiger charge is 2.16. The molecule has 1 N–H and O–H groups in total. The molecule has 0 aromatic heterocycles. The molecule has 0 spiro atoms. The predicted molar refractivity (Wildman–Crippen MR) is 82.1 cm³/mol. The molecule has 0 radical (unpaired) electrons. The number of benzene rings is 1. The average molecular weight is 277 g/mol. The second kappa shape index (κ2) is 7.65. The van der Waals surface area contributed by atoms with Crippen LogP contribution in [0.1, 0.15) is 56.7 Å². The SMILES string of the molecule is CCNC(C)c1ccc(OC)c(COC2CCCC2)c1. The van der Waals surface area contributed by atoms with Crippen molar-refractivity contribution in [2.24, 2.45) is 0 Å². The van der Waals surface area contributed by atoms with Gasteiger partial charge in [-0.1, -0.05) is 25.8 Å². The summed E-state index contributed by atoms with van der Waals surface area (Å²) in [6.07, 6.45) is 5.46. The highest BCUT2D eigenvalue weighted by Crippen LogP contribution is 2.27. The molecule has 20 heavy (non-hydrogen) atoms. The van der Waals surface area contributed by atoms with Gasteiger partial charge in [0.25, 0.3) is 0 Å². The first-order valence-corrected chi connectivity index (χ1v) is 7.76.